The zero-order valence-corrected chi connectivity index (χ0v) is 9.84. The van der Waals surface area contributed by atoms with Crippen LogP contribution in [0.15, 0.2) is 24.3 Å². The van der Waals surface area contributed by atoms with Crippen LogP contribution in [0.2, 0.25) is 5.02 Å². The first-order valence-electron chi connectivity index (χ1n) is 4.78. The predicted octanol–water partition coefficient (Wildman–Crippen LogP) is 1.96. The molecule has 0 aliphatic rings. The highest BCUT2D eigenvalue weighted by Crippen LogP contribution is 2.13. The minimum atomic E-state index is -0.537. The van der Waals surface area contributed by atoms with Crippen LogP contribution in [0.1, 0.15) is 6.92 Å². The molecular weight excluding hydrogens is 230 g/mol. The molecule has 1 unspecified atom stereocenters. The van der Waals surface area contributed by atoms with E-state index in [0.717, 1.165) is 5.69 Å². The van der Waals surface area contributed by atoms with Crippen molar-refractivity contribution < 1.29 is 9.63 Å². The van der Waals surface area contributed by atoms with E-state index in [9.17, 15) is 4.79 Å². The highest BCUT2D eigenvalue weighted by Gasteiger charge is 2.04. The molecule has 16 heavy (non-hydrogen) atoms. The number of carbonyl (C=O) groups excluding carboxylic acids is 1. The fourth-order valence-corrected chi connectivity index (χ4v) is 1.14. The first kappa shape index (κ1) is 12.6. The second-order valence-electron chi connectivity index (χ2n) is 3.13. The summed E-state index contributed by atoms with van der Waals surface area (Å²) in [7, 11) is 1.49. The van der Waals surface area contributed by atoms with Crippen LogP contribution >= 0.6 is 11.6 Å². The molecule has 1 aromatic rings. The van der Waals surface area contributed by atoms with Gasteiger partial charge in [0, 0.05) is 17.8 Å². The van der Waals surface area contributed by atoms with Gasteiger partial charge in [-0.15, -0.1) is 5.48 Å². The molecule has 6 heteroatoms. The van der Waals surface area contributed by atoms with E-state index in [1.54, 1.807) is 12.1 Å². The van der Waals surface area contributed by atoms with Crippen molar-refractivity contribution in [2.75, 3.05) is 12.4 Å². The second-order valence-corrected chi connectivity index (χ2v) is 3.57. The number of hydrogen-bond acceptors (Lipinski definition) is 4. The summed E-state index contributed by atoms with van der Waals surface area (Å²) >= 11 is 5.75. The van der Waals surface area contributed by atoms with Gasteiger partial charge in [0.25, 0.3) is 0 Å². The van der Waals surface area contributed by atoms with Crippen LogP contribution in [0.5, 0.6) is 0 Å². The highest BCUT2D eigenvalue weighted by atomic mass is 35.5. The van der Waals surface area contributed by atoms with Crippen molar-refractivity contribution in [2.45, 2.75) is 13.1 Å². The minimum absolute atomic E-state index is 0.210. The first-order chi connectivity index (χ1) is 7.61. The van der Waals surface area contributed by atoms with Crippen molar-refractivity contribution in [3.05, 3.63) is 29.3 Å². The van der Waals surface area contributed by atoms with Crippen molar-refractivity contribution in [1.82, 2.24) is 10.8 Å². The van der Waals surface area contributed by atoms with Crippen LogP contribution < -0.4 is 16.1 Å². The Bertz CT molecular complexity index is 342. The van der Waals surface area contributed by atoms with Crippen molar-refractivity contribution >= 4 is 23.4 Å². The fraction of sp³-hybridized carbons (Fsp3) is 0.300. The second kappa shape index (κ2) is 6.19. The lowest BCUT2D eigenvalue weighted by Crippen LogP contribution is -2.37. The van der Waals surface area contributed by atoms with Gasteiger partial charge in [-0.05, 0) is 31.2 Å². The molecule has 88 valence electrons. The molecule has 0 saturated heterocycles. The van der Waals surface area contributed by atoms with Gasteiger partial charge in [0.05, 0.1) is 0 Å². The van der Waals surface area contributed by atoms with E-state index in [2.05, 4.69) is 21.0 Å². The summed E-state index contributed by atoms with van der Waals surface area (Å²) in [6.45, 7) is 1.82. The number of nitrogens with one attached hydrogen (secondary N) is 3. The van der Waals surface area contributed by atoms with Crippen LogP contribution in [0.4, 0.5) is 10.5 Å². The number of anilines is 1. The number of rotatable bonds is 4. The lowest BCUT2D eigenvalue weighted by Gasteiger charge is -2.16. The van der Waals surface area contributed by atoms with Gasteiger partial charge in [-0.1, -0.05) is 11.6 Å². The number of halogens is 1. The van der Waals surface area contributed by atoms with Crippen LogP contribution in [0.3, 0.4) is 0 Å². The maximum Gasteiger partial charge on any atom is 0.425 e. The summed E-state index contributed by atoms with van der Waals surface area (Å²) < 4.78 is 0. The van der Waals surface area contributed by atoms with Gasteiger partial charge in [0.2, 0.25) is 0 Å². The Balaban J connectivity index is 2.36. The molecule has 1 amide bonds. The minimum Gasteiger partial charge on any atom is -0.367 e. The Morgan fingerprint density at radius 1 is 1.38 bits per heavy atom. The molecule has 0 saturated carbocycles. The van der Waals surface area contributed by atoms with Gasteiger partial charge >= 0.3 is 6.09 Å². The van der Waals surface area contributed by atoms with Gasteiger partial charge in [0.15, 0.2) is 0 Å². The van der Waals surface area contributed by atoms with Crippen LogP contribution in [0, 0.1) is 0 Å². The van der Waals surface area contributed by atoms with Gasteiger partial charge in [-0.25, -0.2) is 4.79 Å². The normalized spacial score (nSPS) is 11.7. The van der Waals surface area contributed by atoms with E-state index >= 15 is 0 Å². The quantitative estimate of drug-likeness (QED) is 0.559. The van der Waals surface area contributed by atoms with E-state index in [0.29, 0.717) is 5.02 Å². The molecule has 0 heterocycles. The molecule has 3 N–H and O–H groups in total. The maximum absolute atomic E-state index is 10.8. The van der Waals surface area contributed by atoms with Gasteiger partial charge in [0.1, 0.15) is 6.17 Å². The number of benzene rings is 1. The van der Waals surface area contributed by atoms with Crippen molar-refractivity contribution in [1.29, 1.82) is 0 Å². The summed E-state index contributed by atoms with van der Waals surface area (Å²) in [6, 6.07) is 7.22. The summed E-state index contributed by atoms with van der Waals surface area (Å²) in [6.07, 6.45) is -0.747. The summed E-state index contributed by atoms with van der Waals surface area (Å²) in [4.78, 5) is 15.4. The highest BCUT2D eigenvalue weighted by molar-refractivity contribution is 6.30. The monoisotopic (exact) mass is 243 g/mol. The Morgan fingerprint density at radius 2 is 2.00 bits per heavy atom. The molecule has 0 bridgehead atoms. The van der Waals surface area contributed by atoms with Gasteiger partial charge in [-0.3, -0.25) is 0 Å². The number of hydrogen-bond donors (Lipinski definition) is 3. The Kier molecular flexibility index (Phi) is 4.88. The average Bonchev–Trinajstić information content (AvgIpc) is 2.29. The molecule has 0 fully saturated rings. The third-order valence-electron chi connectivity index (χ3n) is 1.76. The summed E-state index contributed by atoms with van der Waals surface area (Å²) in [5.74, 6) is 0. The molecule has 0 aliphatic heterocycles. The maximum atomic E-state index is 10.8. The van der Waals surface area contributed by atoms with Crippen LogP contribution in [-0.4, -0.2) is 19.3 Å². The summed E-state index contributed by atoms with van der Waals surface area (Å²) in [5.41, 5.74) is 3.42. The van der Waals surface area contributed by atoms with E-state index in [1.807, 2.05) is 19.1 Å². The smallest absolute Gasteiger partial charge is 0.367 e. The zero-order chi connectivity index (χ0) is 12.0. The molecule has 1 rings (SSSR count). The topological polar surface area (TPSA) is 62.4 Å². The third kappa shape index (κ3) is 4.37. The van der Waals surface area contributed by atoms with Gasteiger partial charge in [-0.2, -0.15) is 0 Å². The third-order valence-corrected chi connectivity index (χ3v) is 2.01. The van der Waals surface area contributed by atoms with E-state index in [1.165, 1.54) is 7.05 Å². The van der Waals surface area contributed by atoms with Crippen LogP contribution in [0.25, 0.3) is 0 Å². The molecular formula is C10H14ClN3O2. The van der Waals surface area contributed by atoms with Crippen LogP contribution in [-0.2, 0) is 4.84 Å². The largest absolute Gasteiger partial charge is 0.425 e. The Labute approximate surface area is 99.1 Å². The van der Waals surface area contributed by atoms with E-state index < -0.39 is 6.09 Å². The van der Waals surface area contributed by atoms with Gasteiger partial charge < -0.3 is 15.5 Å². The lowest BCUT2D eigenvalue weighted by molar-refractivity contribution is 0.0789. The van der Waals surface area contributed by atoms with Crippen molar-refractivity contribution in [3.8, 4) is 0 Å². The Morgan fingerprint density at radius 3 is 2.56 bits per heavy atom. The zero-order valence-electron chi connectivity index (χ0n) is 9.08. The molecule has 0 aliphatic carbocycles. The summed E-state index contributed by atoms with van der Waals surface area (Å²) in [5, 5.41) is 6.07. The first-order valence-corrected chi connectivity index (χ1v) is 5.16. The molecule has 1 aromatic carbocycles. The van der Waals surface area contributed by atoms with E-state index in [-0.39, 0.29) is 6.17 Å². The lowest BCUT2D eigenvalue weighted by atomic mass is 10.3. The number of amides is 1. The van der Waals surface area contributed by atoms with E-state index in [4.69, 9.17) is 11.6 Å². The molecule has 1 atom stereocenters. The standard InChI is InChI=1S/C10H14ClN3O2/c1-7(14-16-10(15)12-2)13-9-5-3-8(11)4-6-9/h3-7,13-14H,1-2H3,(H,12,15). The molecule has 0 radical (unpaired) electrons. The number of hydroxylamine groups is 1. The molecule has 0 spiro atoms. The Hall–Kier alpha value is -1.46. The average molecular weight is 244 g/mol. The number of carbonyl (C=O) groups is 1. The predicted molar refractivity (Wildman–Crippen MR) is 63.2 cm³/mol. The SMILES string of the molecule is CNC(=O)ONC(C)Nc1ccc(Cl)cc1. The fourth-order valence-electron chi connectivity index (χ4n) is 1.02. The van der Waals surface area contributed by atoms with Crippen molar-refractivity contribution in [3.63, 3.8) is 0 Å². The van der Waals surface area contributed by atoms with Crippen molar-refractivity contribution in [2.24, 2.45) is 0 Å². The molecule has 5 nitrogen and oxygen atoms in total. The molecule has 0 aromatic heterocycles.